The molecule has 0 saturated heterocycles. The number of hydrogen-bond acceptors (Lipinski definition) is 3. The van der Waals surface area contributed by atoms with E-state index in [0.29, 0.717) is 39.3 Å². The molecule has 0 aliphatic heterocycles. The number of rotatable bonds is 33. The molecule has 12 nitrogen and oxygen atoms in total. The van der Waals surface area contributed by atoms with Crippen molar-refractivity contribution >= 4 is 58.6 Å². The number of unbranched alkanes of at least 4 members (excludes halogenated alkanes) is 15. The summed E-state index contributed by atoms with van der Waals surface area (Å²) in [4.78, 5) is 39.0. The van der Waals surface area contributed by atoms with Crippen LogP contribution in [0.4, 0.5) is 107 Å². The van der Waals surface area contributed by atoms with Gasteiger partial charge in [-0.1, -0.05) is 138 Å². The third-order valence-electron chi connectivity index (χ3n) is 13.1. The molecule has 3 heterocycles. The van der Waals surface area contributed by atoms with Crippen LogP contribution >= 0.6 is 23.4 Å². The Bertz CT molecular complexity index is 2520. The summed E-state index contributed by atoms with van der Waals surface area (Å²) in [6.45, 7) is 17.3. The molecule has 6 amide bonds. The second kappa shape index (κ2) is 33.9. The topological polar surface area (TPSA) is 135 Å². The van der Waals surface area contributed by atoms with Crippen LogP contribution in [0.5, 0.6) is 0 Å². The molecule has 0 atom stereocenters. The first-order chi connectivity index (χ1) is 41.1. The van der Waals surface area contributed by atoms with Gasteiger partial charge in [-0.25, -0.2) is 14.4 Å². The number of carbonyl (C=O) groups excluding carboxylic acids is 3. The molecule has 4 rings (SSSR count). The molecule has 4 aromatic rings. The van der Waals surface area contributed by atoms with E-state index in [-0.39, 0.29) is 18.1 Å². The maximum absolute atomic E-state index is 13.0. The second-order valence-electron chi connectivity index (χ2n) is 21.5. The van der Waals surface area contributed by atoms with Crippen molar-refractivity contribution in [2.75, 3.05) is 35.6 Å². The Labute approximate surface area is 515 Å². The molecule has 33 heteroatoms. The SMILES string of the molecule is CCCCCCCCNC(=O)Nc1ccc[n+](Cc2c(CC)c(C[n+]3cccc(NC(=O)NCCCCCCCC)c3)c(CC)c(C[n+]3cccc(NC(=O)NCCCCCCCC)c3)c2CC)c1.F[P-](F)(F)(F)(F)F.F[P-](F)(F)(F)(F)F.F[P-](F)(F)(F)(F)F. The van der Waals surface area contributed by atoms with Crippen LogP contribution < -0.4 is 45.6 Å². The summed E-state index contributed by atoms with van der Waals surface area (Å²) in [5.41, 5.74) is 10.0. The predicted octanol–water partition coefficient (Wildman–Crippen LogP) is 22.0. The van der Waals surface area contributed by atoms with Gasteiger partial charge in [0.05, 0.1) is 0 Å². The van der Waals surface area contributed by atoms with Crippen LogP contribution in [0.3, 0.4) is 0 Å². The van der Waals surface area contributed by atoms with Gasteiger partial charge in [-0.15, -0.1) is 0 Å². The van der Waals surface area contributed by atoms with E-state index in [1.54, 1.807) is 0 Å². The fourth-order valence-electron chi connectivity index (χ4n) is 9.42. The summed E-state index contributed by atoms with van der Waals surface area (Å²) in [7, 11) is -32.0. The number of benzene rings is 1. The van der Waals surface area contributed by atoms with Crippen molar-refractivity contribution in [1.29, 1.82) is 0 Å². The summed E-state index contributed by atoms with van der Waals surface area (Å²) < 4.78 is 184. The van der Waals surface area contributed by atoms with Gasteiger partial charge in [0.15, 0.2) is 56.8 Å². The quantitative estimate of drug-likeness (QED) is 0.0123. The van der Waals surface area contributed by atoms with Crippen molar-refractivity contribution in [3.63, 3.8) is 0 Å². The summed E-state index contributed by atoms with van der Waals surface area (Å²) in [6, 6.07) is 11.3. The van der Waals surface area contributed by atoms with Crippen LogP contribution in [0, 0.1) is 0 Å². The zero-order valence-electron chi connectivity index (χ0n) is 51.7. The Morgan fingerprint density at radius 1 is 0.322 bits per heavy atom. The van der Waals surface area contributed by atoms with Crippen molar-refractivity contribution in [2.24, 2.45) is 0 Å². The van der Waals surface area contributed by atoms with Crippen molar-refractivity contribution in [3.05, 3.63) is 107 Å². The zero-order valence-corrected chi connectivity index (χ0v) is 54.4. The van der Waals surface area contributed by atoms with Crippen molar-refractivity contribution in [2.45, 2.75) is 196 Å². The monoisotopic (exact) mass is 1380 g/mol. The number of nitrogens with zero attached hydrogens (tertiary/aromatic N) is 3. The van der Waals surface area contributed by atoms with E-state index < -0.39 is 23.4 Å². The minimum absolute atomic E-state index is 0.185. The molecule has 6 N–H and O–H groups in total. The van der Waals surface area contributed by atoms with Crippen LogP contribution in [0.2, 0.25) is 0 Å². The number of nitrogens with one attached hydrogen (secondary N) is 6. The Kier molecular flexibility index (Phi) is 31.1. The van der Waals surface area contributed by atoms with Gasteiger partial charge in [-0.05, 0) is 73.4 Å². The zero-order chi connectivity index (χ0) is 68.7. The van der Waals surface area contributed by atoms with E-state index in [2.05, 4.69) is 106 Å². The number of urea groups is 3. The average molecular weight is 1380 g/mol. The van der Waals surface area contributed by atoms with Crippen molar-refractivity contribution in [3.8, 4) is 0 Å². The van der Waals surface area contributed by atoms with E-state index >= 15 is 0 Å². The van der Waals surface area contributed by atoms with Gasteiger partial charge in [0, 0.05) is 54.5 Å². The third kappa shape index (κ3) is 49.2. The number of aromatic nitrogens is 3. The molecule has 0 bridgehead atoms. The van der Waals surface area contributed by atoms with Crippen LogP contribution in [0.1, 0.15) is 190 Å². The molecule has 3 aromatic heterocycles. The summed E-state index contributed by atoms with van der Waals surface area (Å²) >= 11 is 0. The number of amides is 6. The van der Waals surface area contributed by atoms with Crippen LogP contribution in [-0.2, 0) is 38.9 Å². The Hall–Kier alpha value is -5.49. The molecule has 0 unspecified atom stereocenters. The van der Waals surface area contributed by atoms with Crippen LogP contribution in [-0.4, -0.2) is 37.7 Å². The Balaban J connectivity index is 0.00000164. The maximum atomic E-state index is 13.0. The molecule has 0 fully saturated rings. The van der Waals surface area contributed by atoms with E-state index in [1.807, 2.05) is 55.0 Å². The van der Waals surface area contributed by atoms with Crippen molar-refractivity contribution in [1.82, 2.24) is 16.0 Å². The van der Waals surface area contributed by atoms with Gasteiger partial charge in [0.25, 0.3) is 0 Å². The van der Waals surface area contributed by atoms with E-state index in [9.17, 15) is 89.9 Å². The molecular weight excluding hydrogens is 1290 g/mol. The minimum atomic E-state index is -10.7. The number of hydrogen-bond donors (Lipinski definition) is 6. The first-order valence-corrected chi connectivity index (χ1v) is 36.1. The molecule has 0 spiro atoms. The van der Waals surface area contributed by atoms with E-state index in [4.69, 9.17) is 0 Å². The van der Waals surface area contributed by atoms with Gasteiger partial charge in [-0.3, -0.25) is 0 Å². The molecule has 0 aliphatic rings. The number of halogens is 18. The van der Waals surface area contributed by atoms with Gasteiger partial charge in [-0.2, -0.15) is 13.7 Å². The Morgan fingerprint density at radius 2 is 0.522 bits per heavy atom. The molecule has 0 aliphatic carbocycles. The van der Waals surface area contributed by atoms with Gasteiger partial charge >= 0.3 is 117 Å². The first kappa shape index (κ1) is 82.5. The molecule has 522 valence electrons. The van der Waals surface area contributed by atoms with E-state index in [0.717, 1.165) is 74.8 Å². The van der Waals surface area contributed by atoms with Crippen LogP contribution in [0.15, 0.2) is 73.6 Å². The van der Waals surface area contributed by atoms with Gasteiger partial charge in [0.2, 0.25) is 0 Å². The standard InChI is InChI=1S/C57H87N9O3.3F6P/c1-7-13-16-19-22-25-34-58-55(67)61-46-31-28-37-64(40-46)43-52-49(10-4)53(44-65-38-29-32-47(41-65)62-56(68)59-35-26-23-20-17-14-8-2)51(12-6)54(50(52)11-5)45-66-39-30-33-48(42-66)63-57(69)60-36-27-24-21-18-15-9-3;3*1-7(2,3,4,5)6/h28-33,37-42H,7-27,34-36,43-45H2,1-6H3,(H3-3,58,59,60,61,62,63,67,68,69);;;/q;3*-1/p+3. The second-order valence-corrected chi connectivity index (χ2v) is 27.3. The number of carbonyl (C=O) groups is 3. The van der Waals surface area contributed by atoms with Gasteiger partial charge in [0.1, 0.15) is 17.1 Å². The first-order valence-electron chi connectivity index (χ1n) is 30.1. The number of pyridine rings is 3. The predicted molar refractivity (Wildman–Crippen MR) is 324 cm³/mol. The fraction of sp³-hybridized carbons (Fsp3) is 0.579. The summed E-state index contributed by atoms with van der Waals surface area (Å²) in [5, 5.41) is 18.4. The van der Waals surface area contributed by atoms with Crippen molar-refractivity contribution < 1.29 is 104 Å². The summed E-state index contributed by atoms with van der Waals surface area (Å²) in [6.07, 6.45) is 36.0. The molecular formula is C57H90F18N9O3P3. The van der Waals surface area contributed by atoms with Gasteiger partial charge < -0.3 is 31.9 Å². The normalized spacial score (nSPS) is 13.9. The molecule has 0 radical (unpaired) electrons. The Morgan fingerprint density at radius 3 is 0.722 bits per heavy atom. The number of anilines is 3. The van der Waals surface area contributed by atoms with Crippen LogP contribution in [0.25, 0.3) is 0 Å². The van der Waals surface area contributed by atoms with E-state index in [1.165, 1.54) is 110 Å². The fourth-order valence-corrected chi connectivity index (χ4v) is 9.42. The molecule has 0 saturated carbocycles. The average Bonchev–Trinajstić information content (AvgIpc) is 0.775. The molecule has 90 heavy (non-hydrogen) atoms. The third-order valence-corrected chi connectivity index (χ3v) is 13.1. The molecule has 1 aromatic carbocycles. The summed E-state index contributed by atoms with van der Waals surface area (Å²) in [5.74, 6) is 0.